The zero-order valence-electron chi connectivity index (χ0n) is 23.6. The maximum atomic E-state index is 13.7. The van der Waals surface area contributed by atoms with Crippen LogP contribution in [0.25, 0.3) is 10.2 Å². The maximum absolute atomic E-state index is 13.7. The average molecular weight is 604 g/mol. The van der Waals surface area contributed by atoms with Gasteiger partial charge in [0.1, 0.15) is 5.78 Å². The van der Waals surface area contributed by atoms with Crippen molar-refractivity contribution >= 4 is 62.4 Å². The molecule has 218 valence electrons. The number of aromatic nitrogens is 1. The molecule has 1 aliphatic carbocycles. The first-order chi connectivity index (χ1) is 19.3. The minimum Gasteiger partial charge on any atom is -0.353 e. The quantitative estimate of drug-likeness (QED) is 0.234. The molecule has 6 nitrogen and oxygen atoms in total. The van der Waals surface area contributed by atoms with E-state index < -0.39 is 5.92 Å². The molecule has 9 heteroatoms. The van der Waals surface area contributed by atoms with Gasteiger partial charge < -0.3 is 5.32 Å². The van der Waals surface area contributed by atoms with E-state index in [0.717, 1.165) is 71.9 Å². The second kappa shape index (κ2) is 15.5. The van der Waals surface area contributed by atoms with Crippen LogP contribution in [0.2, 0.25) is 5.02 Å². The second-order valence-corrected chi connectivity index (χ2v) is 14.0. The molecule has 0 bridgehead atoms. The van der Waals surface area contributed by atoms with Gasteiger partial charge in [-0.25, -0.2) is 4.98 Å². The number of thiazole rings is 1. The fourth-order valence-corrected chi connectivity index (χ4v) is 8.13. The van der Waals surface area contributed by atoms with E-state index in [1.54, 1.807) is 0 Å². The minimum absolute atomic E-state index is 0.0731. The van der Waals surface area contributed by atoms with Gasteiger partial charge in [0.2, 0.25) is 5.91 Å². The predicted molar refractivity (Wildman–Crippen MR) is 167 cm³/mol. The van der Waals surface area contributed by atoms with Gasteiger partial charge >= 0.3 is 0 Å². The molecular weight excluding hydrogens is 562 g/mol. The third-order valence-corrected chi connectivity index (χ3v) is 10.3. The lowest BCUT2D eigenvalue weighted by Gasteiger charge is -2.28. The fraction of sp³-hybridized carbons (Fsp3) is 0.613. The summed E-state index contributed by atoms with van der Waals surface area (Å²) in [5.74, 6) is 2.18. The number of rotatable bonds is 15. The maximum Gasteiger partial charge on any atom is 0.224 e. The van der Waals surface area contributed by atoms with Gasteiger partial charge in [0.05, 0.1) is 21.1 Å². The van der Waals surface area contributed by atoms with E-state index in [1.165, 1.54) is 11.3 Å². The smallest absolute Gasteiger partial charge is 0.224 e. The van der Waals surface area contributed by atoms with Crippen molar-refractivity contribution in [3.8, 4) is 0 Å². The molecule has 1 aliphatic heterocycles. The second-order valence-electron chi connectivity index (χ2n) is 11.2. The molecule has 1 aromatic heterocycles. The Labute approximate surface area is 251 Å². The molecule has 2 aliphatic rings. The van der Waals surface area contributed by atoms with Crippen molar-refractivity contribution in [2.24, 2.45) is 11.8 Å². The number of nitrogens with zero attached hydrogens (tertiary/aromatic N) is 2. The van der Waals surface area contributed by atoms with Gasteiger partial charge in [-0.2, -0.15) is 11.8 Å². The lowest BCUT2D eigenvalue weighted by atomic mass is 9.90. The van der Waals surface area contributed by atoms with Crippen molar-refractivity contribution in [2.45, 2.75) is 77.2 Å². The molecule has 0 unspecified atom stereocenters. The Morgan fingerprint density at radius 2 is 1.93 bits per heavy atom. The van der Waals surface area contributed by atoms with Crippen molar-refractivity contribution in [3.63, 3.8) is 0 Å². The van der Waals surface area contributed by atoms with Gasteiger partial charge in [0, 0.05) is 73.5 Å². The van der Waals surface area contributed by atoms with Gasteiger partial charge in [-0.3, -0.25) is 19.3 Å². The molecule has 2 fully saturated rings. The number of hydrogen-bond acceptors (Lipinski definition) is 7. The highest BCUT2D eigenvalue weighted by Gasteiger charge is 2.31. The summed E-state index contributed by atoms with van der Waals surface area (Å²) in [5.41, 5.74) is 1.52. The van der Waals surface area contributed by atoms with E-state index >= 15 is 0 Å². The average Bonchev–Trinajstić information content (AvgIpc) is 3.61. The normalized spacial score (nSPS) is 18.1. The topological polar surface area (TPSA) is 79.4 Å². The molecule has 0 radical (unpaired) electrons. The van der Waals surface area contributed by atoms with Crippen molar-refractivity contribution in [1.29, 1.82) is 0 Å². The monoisotopic (exact) mass is 603 g/mol. The molecule has 1 saturated carbocycles. The first-order valence-corrected chi connectivity index (χ1v) is 17.1. The van der Waals surface area contributed by atoms with Crippen molar-refractivity contribution in [2.75, 3.05) is 31.1 Å². The van der Waals surface area contributed by atoms with Crippen molar-refractivity contribution in [1.82, 2.24) is 15.2 Å². The number of ketones is 2. The molecule has 2 aromatic rings. The summed E-state index contributed by atoms with van der Waals surface area (Å²) >= 11 is 9.64. The third kappa shape index (κ3) is 9.13. The Morgan fingerprint density at radius 1 is 1.18 bits per heavy atom. The first kappa shape index (κ1) is 31.2. The van der Waals surface area contributed by atoms with E-state index in [2.05, 4.69) is 16.8 Å². The van der Waals surface area contributed by atoms with E-state index in [9.17, 15) is 14.4 Å². The van der Waals surface area contributed by atoms with Crippen LogP contribution in [-0.2, 0) is 20.8 Å². The molecule has 0 spiro atoms. The summed E-state index contributed by atoms with van der Waals surface area (Å²) in [6.07, 6.45) is 7.27. The molecule has 2 atom stereocenters. The lowest BCUT2D eigenvalue weighted by Crippen LogP contribution is -2.44. The summed E-state index contributed by atoms with van der Waals surface area (Å²) in [5, 5.41) is 4.80. The molecule has 40 heavy (non-hydrogen) atoms. The Morgan fingerprint density at radius 3 is 2.65 bits per heavy atom. The van der Waals surface area contributed by atoms with E-state index in [-0.39, 0.29) is 29.9 Å². The van der Waals surface area contributed by atoms with Crippen LogP contribution in [0.15, 0.2) is 30.4 Å². The SMILES string of the molecule is C=C(CN1CCSCC1)C(=O)CC[C@@H](NC(=O)[C@@H](CC(=O)CCC)Cc1nc2ccc(Cl)cc2s1)C1CCCC1. The van der Waals surface area contributed by atoms with Crippen LogP contribution < -0.4 is 5.32 Å². The number of nitrogens with one attached hydrogen (secondary N) is 1. The first-order valence-electron chi connectivity index (χ1n) is 14.7. The van der Waals surface area contributed by atoms with Crippen molar-refractivity contribution in [3.05, 3.63) is 40.4 Å². The fourth-order valence-electron chi connectivity index (χ4n) is 5.82. The number of Topliss-reactive ketones (excluding diaryl/α,β-unsaturated/α-hetero) is 2. The Hall–Kier alpha value is -1.74. The lowest BCUT2D eigenvalue weighted by molar-refractivity contribution is -0.130. The number of thioether (sulfide) groups is 1. The molecule has 1 aromatic carbocycles. The van der Waals surface area contributed by atoms with Crippen LogP contribution >= 0.6 is 34.7 Å². The predicted octanol–water partition coefficient (Wildman–Crippen LogP) is 6.50. The number of carbonyl (C=O) groups is 3. The van der Waals surface area contributed by atoms with Crippen LogP contribution in [0, 0.1) is 11.8 Å². The molecule has 1 saturated heterocycles. The Kier molecular flexibility index (Phi) is 12.1. The third-order valence-electron chi connectivity index (χ3n) is 8.08. The van der Waals surface area contributed by atoms with Crippen molar-refractivity contribution < 1.29 is 14.4 Å². The minimum atomic E-state index is -0.485. The van der Waals surface area contributed by atoms with Crippen LogP contribution in [-0.4, -0.2) is 64.5 Å². The van der Waals surface area contributed by atoms with Crippen LogP contribution in [0.3, 0.4) is 0 Å². The highest BCUT2D eigenvalue weighted by molar-refractivity contribution is 7.99. The van der Waals surface area contributed by atoms with Gasteiger partial charge in [0.15, 0.2) is 5.78 Å². The van der Waals surface area contributed by atoms with Crippen LogP contribution in [0.5, 0.6) is 0 Å². The number of benzene rings is 1. The zero-order valence-corrected chi connectivity index (χ0v) is 26.0. The Bertz CT molecular complexity index is 1190. The van der Waals surface area contributed by atoms with E-state index in [0.29, 0.717) is 48.7 Å². The highest BCUT2D eigenvalue weighted by Crippen LogP contribution is 2.31. The zero-order chi connectivity index (χ0) is 28.5. The standard InChI is InChI=1S/C31H42ClN3O3S2/c1-3-6-25(36)17-23(18-30-33-27-10-9-24(32)19-29(27)40-30)31(38)34-26(22-7-4-5-8-22)11-12-28(37)21(2)20-35-13-15-39-16-14-35/h9-10,19,22-23,26H,2-8,11-18,20H2,1H3,(H,34,38)/t23-,26+/m0/s1. The largest absolute Gasteiger partial charge is 0.353 e. The Balaban J connectivity index is 1.42. The summed E-state index contributed by atoms with van der Waals surface area (Å²) < 4.78 is 0.979. The molecule has 4 rings (SSSR count). The van der Waals surface area contributed by atoms with Gasteiger partial charge in [-0.05, 0) is 49.8 Å². The van der Waals surface area contributed by atoms with Crippen LogP contribution in [0.1, 0.15) is 69.7 Å². The van der Waals surface area contributed by atoms with Gasteiger partial charge in [-0.1, -0.05) is 37.9 Å². The molecular formula is C31H42ClN3O3S2. The van der Waals surface area contributed by atoms with Gasteiger partial charge in [0.25, 0.3) is 0 Å². The summed E-state index contributed by atoms with van der Waals surface area (Å²) in [6, 6.07) is 5.52. The molecule has 2 heterocycles. The van der Waals surface area contributed by atoms with Gasteiger partial charge in [-0.15, -0.1) is 11.3 Å². The van der Waals surface area contributed by atoms with E-state index in [1.807, 2.05) is 36.9 Å². The number of carbonyl (C=O) groups excluding carboxylic acids is 3. The number of amides is 1. The highest BCUT2D eigenvalue weighted by atomic mass is 35.5. The number of fused-ring (bicyclic) bond motifs is 1. The summed E-state index contributed by atoms with van der Waals surface area (Å²) in [6.45, 7) is 8.71. The molecule has 1 N–H and O–H groups in total. The number of hydrogen-bond donors (Lipinski definition) is 1. The summed E-state index contributed by atoms with van der Waals surface area (Å²) in [7, 11) is 0. The van der Waals surface area contributed by atoms with E-state index in [4.69, 9.17) is 16.6 Å². The number of halogens is 1. The van der Waals surface area contributed by atoms with Crippen LogP contribution in [0.4, 0.5) is 0 Å². The summed E-state index contributed by atoms with van der Waals surface area (Å²) in [4.78, 5) is 46.5. The molecule has 1 amide bonds.